The minimum atomic E-state index is -4.43. The Labute approximate surface area is 159 Å². The van der Waals surface area contributed by atoms with Crippen LogP contribution in [0.15, 0.2) is 28.8 Å². The number of amides is 1. The normalized spacial score (nSPS) is 16.4. The topological polar surface area (TPSA) is 68.0 Å². The Kier molecular flexibility index (Phi) is 6.08. The number of nitrogens with zero attached hydrogens (tertiary/aromatic N) is 2. The maximum Gasteiger partial charge on any atom is 0.416 e. The number of halogens is 3. The number of carbonyl (C=O) groups is 1. The molecule has 1 fully saturated rings. The second-order valence-electron chi connectivity index (χ2n) is 6.53. The number of thioether (sulfide) groups is 1. The van der Waals surface area contributed by atoms with Crippen molar-refractivity contribution < 1.29 is 22.5 Å². The first kappa shape index (κ1) is 19.7. The van der Waals surface area contributed by atoms with Gasteiger partial charge >= 0.3 is 6.18 Å². The smallest absolute Gasteiger partial charge is 0.352 e. The lowest BCUT2D eigenvalue weighted by Crippen LogP contribution is -2.37. The molecule has 0 radical (unpaired) electrons. The summed E-state index contributed by atoms with van der Waals surface area (Å²) in [7, 11) is 0. The Morgan fingerprint density at radius 1 is 1.37 bits per heavy atom. The first-order valence-corrected chi connectivity index (χ1v) is 9.80. The van der Waals surface area contributed by atoms with Crippen LogP contribution in [0.2, 0.25) is 0 Å². The quantitative estimate of drug-likeness (QED) is 0.778. The third kappa shape index (κ3) is 5.24. The molecule has 1 aromatic heterocycles. The Balaban J connectivity index is 1.57. The van der Waals surface area contributed by atoms with E-state index in [4.69, 9.17) is 4.52 Å². The summed E-state index contributed by atoms with van der Waals surface area (Å²) < 4.78 is 43.6. The Morgan fingerprint density at radius 2 is 2.11 bits per heavy atom. The average molecular weight is 399 g/mol. The fourth-order valence-electron chi connectivity index (χ4n) is 2.93. The van der Waals surface area contributed by atoms with Crippen molar-refractivity contribution in [1.29, 1.82) is 0 Å². The molecular weight excluding hydrogens is 379 g/mol. The Morgan fingerprint density at radius 3 is 2.81 bits per heavy atom. The number of carbonyl (C=O) groups excluding carboxylic acids is 1. The zero-order valence-corrected chi connectivity index (χ0v) is 15.6. The van der Waals surface area contributed by atoms with Crippen LogP contribution < -0.4 is 5.32 Å². The van der Waals surface area contributed by atoms with Gasteiger partial charge in [-0.1, -0.05) is 30.1 Å². The molecule has 1 heterocycles. The van der Waals surface area contributed by atoms with Crippen LogP contribution in [0, 0.1) is 0 Å². The molecule has 5 nitrogen and oxygen atoms in total. The number of alkyl halides is 3. The van der Waals surface area contributed by atoms with E-state index >= 15 is 0 Å². The van der Waals surface area contributed by atoms with Gasteiger partial charge < -0.3 is 9.84 Å². The molecule has 9 heteroatoms. The van der Waals surface area contributed by atoms with E-state index in [2.05, 4.69) is 15.5 Å². The van der Waals surface area contributed by atoms with Gasteiger partial charge in [-0.15, -0.1) is 11.8 Å². The van der Waals surface area contributed by atoms with E-state index in [0.29, 0.717) is 5.75 Å². The highest BCUT2D eigenvalue weighted by Crippen LogP contribution is 2.31. The number of rotatable bonds is 6. The van der Waals surface area contributed by atoms with E-state index in [1.807, 2.05) is 0 Å². The molecule has 1 aromatic carbocycles. The van der Waals surface area contributed by atoms with Gasteiger partial charge in [-0.25, -0.2) is 0 Å². The lowest BCUT2D eigenvalue weighted by atomic mass is 10.1. The second-order valence-corrected chi connectivity index (χ2v) is 7.86. The highest BCUT2D eigenvalue weighted by atomic mass is 32.2. The van der Waals surface area contributed by atoms with Crippen molar-refractivity contribution >= 4 is 17.7 Å². The fraction of sp³-hybridized carbons (Fsp3) is 0.500. The molecule has 0 saturated heterocycles. The number of aromatic nitrogens is 2. The molecule has 1 unspecified atom stereocenters. The highest BCUT2D eigenvalue weighted by molar-refractivity contribution is 7.99. The molecule has 1 aliphatic carbocycles. The van der Waals surface area contributed by atoms with Crippen molar-refractivity contribution in [2.75, 3.05) is 0 Å². The molecule has 0 bridgehead atoms. The Hall–Kier alpha value is -2.03. The van der Waals surface area contributed by atoms with Gasteiger partial charge in [0.15, 0.2) is 0 Å². The predicted molar refractivity (Wildman–Crippen MR) is 95.9 cm³/mol. The minimum Gasteiger partial charge on any atom is -0.352 e. The molecule has 3 rings (SSSR count). The number of nitrogens with one attached hydrogen (secondary N) is 1. The van der Waals surface area contributed by atoms with Gasteiger partial charge in [0, 0.05) is 11.6 Å². The van der Waals surface area contributed by atoms with Crippen LogP contribution in [0.25, 0.3) is 11.4 Å². The van der Waals surface area contributed by atoms with Crippen LogP contribution in [0.4, 0.5) is 13.2 Å². The molecule has 1 aliphatic rings. The average Bonchev–Trinajstić information content (AvgIpc) is 3.31. The zero-order chi connectivity index (χ0) is 19.4. The lowest BCUT2D eigenvalue weighted by Gasteiger charge is -2.15. The molecular formula is C18H20F3N3O2S. The van der Waals surface area contributed by atoms with Crippen LogP contribution in [0.5, 0.6) is 0 Å². The molecule has 1 atom stereocenters. The summed E-state index contributed by atoms with van der Waals surface area (Å²) in [5.41, 5.74) is -0.533. The molecule has 1 saturated carbocycles. The lowest BCUT2D eigenvalue weighted by molar-refractivity contribution is -0.137. The van der Waals surface area contributed by atoms with E-state index < -0.39 is 11.7 Å². The summed E-state index contributed by atoms with van der Waals surface area (Å²) in [6, 6.07) is 5.04. The van der Waals surface area contributed by atoms with Crippen molar-refractivity contribution in [3.8, 4) is 11.4 Å². The van der Waals surface area contributed by atoms with Gasteiger partial charge in [-0.05, 0) is 31.9 Å². The van der Waals surface area contributed by atoms with Crippen molar-refractivity contribution in [2.24, 2.45) is 0 Å². The van der Waals surface area contributed by atoms with Crippen LogP contribution in [0.3, 0.4) is 0 Å². The minimum absolute atomic E-state index is 0.0236. The van der Waals surface area contributed by atoms with Gasteiger partial charge in [0.25, 0.3) is 0 Å². The SMILES string of the molecule is CC(SCc1nc(-c2cccc(C(F)(F)F)c2)no1)C(=O)NC1CCCC1. The summed E-state index contributed by atoms with van der Waals surface area (Å²) in [6.45, 7) is 1.80. The van der Waals surface area contributed by atoms with Crippen LogP contribution in [-0.2, 0) is 16.7 Å². The summed E-state index contributed by atoms with van der Waals surface area (Å²) in [5.74, 6) is 0.655. The van der Waals surface area contributed by atoms with Gasteiger partial charge in [-0.3, -0.25) is 4.79 Å². The van der Waals surface area contributed by atoms with Gasteiger partial charge in [0.1, 0.15) is 0 Å². The van der Waals surface area contributed by atoms with E-state index in [0.717, 1.165) is 37.8 Å². The summed E-state index contributed by atoms with van der Waals surface area (Å²) in [6.07, 6.45) is -0.0969. The van der Waals surface area contributed by atoms with Crippen LogP contribution in [-0.4, -0.2) is 27.3 Å². The van der Waals surface area contributed by atoms with E-state index in [9.17, 15) is 18.0 Å². The predicted octanol–water partition coefficient (Wildman–Crippen LogP) is 4.44. The summed E-state index contributed by atoms with van der Waals surface area (Å²) >= 11 is 1.35. The molecule has 1 amide bonds. The zero-order valence-electron chi connectivity index (χ0n) is 14.8. The van der Waals surface area contributed by atoms with E-state index in [1.54, 1.807) is 6.92 Å². The number of hydrogen-bond acceptors (Lipinski definition) is 5. The first-order valence-electron chi connectivity index (χ1n) is 8.75. The molecule has 2 aromatic rings. The maximum absolute atomic E-state index is 12.8. The second kappa shape index (κ2) is 8.33. The molecule has 0 aliphatic heterocycles. The standard InChI is InChI=1S/C18H20F3N3O2S/c1-11(17(25)22-14-7-2-3-8-14)27-10-15-23-16(24-26-15)12-5-4-6-13(9-12)18(19,20)21/h4-6,9,11,14H,2-3,7-8,10H2,1H3,(H,22,25). The maximum atomic E-state index is 12.8. The molecule has 146 valence electrons. The third-order valence-corrected chi connectivity index (χ3v) is 5.57. The molecule has 27 heavy (non-hydrogen) atoms. The number of benzene rings is 1. The Bertz CT molecular complexity index is 788. The third-order valence-electron chi connectivity index (χ3n) is 4.44. The van der Waals surface area contributed by atoms with Gasteiger partial charge in [0.2, 0.25) is 17.6 Å². The highest BCUT2D eigenvalue weighted by Gasteiger charge is 2.30. The van der Waals surface area contributed by atoms with Crippen LogP contribution >= 0.6 is 11.8 Å². The van der Waals surface area contributed by atoms with Gasteiger partial charge in [0.05, 0.1) is 16.6 Å². The number of hydrogen-bond donors (Lipinski definition) is 1. The largest absolute Gasteiger partial charge is 0.416 e. The summed E-state index contributed by atoms with van der Waals surface area (Å²) in [5, 5.41) is 6.50. The fourth-order valence-corrected chi connectivity index (χ4v) is 3.66. The van der Waals surface area contributed by atoms with Crippen molar-refractivity contribution in [3.05, 3.63) is 35.7 Å². The van der Waals surface area contributed by atoms with E-state index in [1.165, 1.54) is 23.9 Å². The molecule has 0 spiro atoms. The first-order chi connectivity index (χ1) is 12.8. The molecule has 1 N–H and O–H groups in total. The monoisotopic (exact) mass is 399 g/mol. The van der Waals surface area contributed by atoms with Crippen LogP contribution in [0.1, 0.15) is 44.1 Å². The van der Waals surface area contributed by atoms with Crippen molar-refractivity contribution in [1.82, 2.24) is 15.5 Å². The van der Waals surface area contributed by atoms with E-state index in [-0.39, 0.29) is 34.5 Å². The van der Waals surface area contributed by atoms with Crippen molar-refractivity contribution in [2.45, 2.75) is 55.8 Å². The van der Waals surface area contributed by atoms with Gasteiger partial charge in [-0.2, -0.15) is 18.2 Å². The van der Waals surface area contributed by atoms with Crippen molar-refractivity contribution in [3.63, 3.8) is 0 Å². The summed E-state index contributed by atoms with van der Waals surface area (Å²) in [4.78, 5) is 16.3.